The van der Waals surface area contributed by atoms with E-state index in [1.54, 1.807) is 6.08 Å². The van der Waals surface area contributed by atoms with Crippen LogP contribution in [0.15, 0.2) is 33.2 Å². The van der Waals surface area contributed by atoms with E-state index in [-0.39, 0.29) is 0 Å². The van der Waals surface area contributed by atoms with E-state index >= 15 is 0 Å². The predicted molar refractivity (Wildman–Crippen MR) is 60.1 cm³/mol. The van der Waals surface area contributed by atoms with Crippen molar-refractivity contribution >= 4 is 43.8 Å². The third kappa shape index (κ3) is 3.74. The first-order valence-corrected chi connectivity index (χ1v) is 5.10. The van der Waals surface area contributed by atoms with Gasteiger partial charge in [0.15, 0.2) is 0 Å². The second-order valence-corrected chi connectivity index (χ2v) is 4.27. The summed E-state index contributed by atoms with van der Waals surface area (Å²) in [7, 11) is 0. The molecule has 0 aromatic heterocycles. The largest absolute Gasteiger partial charge is 0.366 e. The van der Waals surface area contributed by atoms with Crippen molar-refractivity contribution in [3.05, 3.63) is 38.8 Å². The fourth-order valence-electron chi connectivity index (χ4n) is 0.850. The van der Waals surface area contributed by atoms with Gasteiger partial charge in [0, 0.05) is 15.0 Å². The van der Waals surface area contributed by atoms with Crippen molar-refractivity contribution in [2.24, 2.45) is 5.73 Å². The van der Waals surface area contributed by atoms with Gasteiger partial charge in [-0.2, -0.15) is 0 Å². The van der Waals surface area contributed by atoms with Gasteiger partial charge in [0.1, 0.15) is 0 Å². The Bertz CT molecular complexity index is 340. The molecular formula is C9H7Br2NO. The molecule has 0 heterocycles. The number of nitrogens with two attached hydrogens (primary N) is 1. The first kappa shape index (κ1) is 10.5. The highest BCUT2D eigenvalue weighted by Gasteiger charge is 1.94. The van der Waals surface area contributed by atoms with Gasteiger partial charge in [0.05, 0.1) is 0 Å². The van der Waals surface area contributed by atoms with E-state index in [0.717, 1.165) is 14.5 Å². The van der Waals surface area contributed by atoms with Gasteiger partial charge in [-0.15, -0.1) is 0 Å². The Morgan fingerprint density at radius 1 is 1.23 bits per heavy atom. The van der Waals surface area contributed by atoms with E-state index < -0.39 is 5.91 Å². The molecule has 0 spiro atoms. The summed E-state index contributed by atoms with van der Waals surface area (Å²) in [5.41, 5.74) is 5.88. The molecule has 2 N–H and O–H groups in total. The summed E-state index contributed by atoms with van der Waals surface area (Å²) in [6, 6.07) is 5.70. The predicted octanol–water partition coefficient (Wildman–Crippen LogP) is 2.71. The number of primary amides is 1. The van der Waals surface area contributed by atoms with Gasteiger partial charge >= 0.3 is 0 Å². The normalized spacial score (nSPS) is 10.6. The Morgan fingerprint density at radius 2 is 1.77 bits per heavy atom. The molecule has 68 valence electrons. The van der Waals surface area contributed by atoms with Crippen molar-refractivity contribution in [1.82, 2.24) is 0 Å². The highest BCUT2D eigenvalue weighted by Crippen LogP contribution is 2.20. The summed E-state index contributed by atoms with van der Waals surface area (Å²) in [4.78, 5) is 10.5. The molecule has 0 aliphatic heterocycles. The minimum absolute atomic E-state index is 0.448. The molecule has 0 radical (unpaired) electrons. The van der Waals surface area contributed by atoms with Crippen molar-refractivity contribution in [3.63, 3.8) is 0 Å². The van der Waals surface area contributed by atoms with E-state index in [1.807, 2.05) is 18.2 Å². The maximum absolute atomic E-state index is 10.5. The monoisotopic (exact) mass is 303 g/mol. The summed E-state index contributed by atoms with van der Waals surface area (Å²) in [6.45, 7) is 0. The maximum Gasteiger partial charge on any atom is 0.241 e. The second kappa shape index (κ2) is 4.58. The van der Waals surface area contributed by atoms with E-state index in [2.05, 4.69) is 31.9 Å². The molecule has 0 aliphatic carbocycles. The zero-order valence-corrected chi connectivity index (χ0v) is 9.80. The van der Waals surface area contributed by atoms with Crippen LogP contribution >= 0.6 is 31.9 Å². The summed E-state index contributed by atoms with van der Waals surface area (Å²) >= 11 is 6.68. The van der Waals surface area contributed by atoms with Crippen LogP contribution < -0.4 is 5.73 Å². The van der Waals surface area contributed by atoms with Gasteiger partial charge < -0.3 is 5.73 Å². The molecule has 1 aromatic carbocycles. The third-order valence-corrected chi connectivity index (χ3v) is 2.24. The lowest BCUT2D eigenvalue weighted by Crippen LogP contribution is -2.05. The number of benzene rings is 1. The number of hydrogen-bond acceptors (Lipinski definition) is 1. The molecule has 1 aromatic rings. The molecule has 0 unspecified atom stereocenters. The molecule has 2 nitrogen and oxygen atoms in total. The van der Waals surface area contributed by atoms with Crippen molar-refractivity contribution in [2.45, 2.75) is 0 Å². The lowest BCUT2D eigenvalue weighted by atomic mass is 10.2. The van der Waals surface area contributed by atoms with Crippen molar-refractivity contribution in [2.75, 3.05) is 0 Å². The second-order valence-electron chi connectivity index (χ2n) is 2.44. The molecule has 1 rings (SSSR count). The molecular weight excluding hydrogens is 298 g/mol. The van der Waals surface area contributed by atoms with E-state index in [4.69, 9.17) is 5.73 Å². The van der Waals surface area contributed by atoms with Crippen LogP contribution in [0.1, 0.15) is 5.56 Å². The highest BCUT2D eigenvalue weighted by molar-refractivity contribution is 9.11. The van der Waals surface area contributed by atoms with Crippen LogP contribution in [0, 0.1) is 0 Å². The van der Waals surface area contributed by atoms with Gasteiger partial charge in [-0.3, -0.25) is 4.79 Å². The van der Waals surface area contributed by atoms with Crippen LogP contribution in [0.3, 0.4) is 0 Å². The van der Waals surface area contributed by atoms with Crippen molar-refractivity contribution < 1.29 is 4.79 Å². The number of amides is 1. The minimum Gasteiger partial charge on any atom is -0.366 e. The molecule has 0 aliphatic rings. The average molecular weight is 305 g/mol. The Morgan fingerprint density at radius 3 is 2.23 bits per heavy atom. The minimum atomic E-state index is -0.448. The Labute approximate surface area is 93.1 Å². The molecule has 1 amide bonds. The summed E-state index contributed by atoms with van der Waals surface area (Å²) in [5.74, 6) is -0.448. The van der Waals surface area contributed by atoms with Crippen LogP contribution in [-0.4, -0.2) is 5.91 Å². The first-order chi connectivity index (χ1) is 6.08. The van der Waals surface area contributed by atoms with Crippen molar-refractivity contribution in [3.8, 4) is 0 Å². The van der Waals surface area contributed by atoms with Crippen LogP contribution in [0.2, 0.25) is 0 Å². The molecule has 0 saturated carbocycles. The molecule has 0 fully saturated rings. The topological polar surface area (TPSA) is 43.1 Å². The summed E-state index contributed by atoms with van der Waals surface area (Å²) in [5, 5.41) is 0. The van der Waals surface area contributed by atoms with Crippen LogP contribution in [-0.2, 0) is 4.79 Å². The molecule has 0 bridgehead atoms. The quantitative estimate of drug-likeness (QED) is 0.839. The summed E-state index contributed by atoms with van der Waals surface area (Å²) in [6.07, 6.45) is 2.99. The molecule has 13 heavy (non-hydrogen) atoms. The Balaban J connectivity index is 2.95. The van der Waals surface area contributed by atoms with Crippen LogP contribution in [0.25, 0.3) is 6.08 Å². The number of hydrogen-bond donors (Lipinski definition) is 1. The summed E-state index contributed by atoms with van der Waals surface area (Å²) < 4.78 is 1.90. The lowest BCUT2D eigenvalue weighted by Gasteiger charge is -1.96. The van der Waals surface area contributed by atoms with Gasteiger partial charge in [0.2, 0.25) is 5.91 Å². The Kier molecular flexibility index (Phi) is 3.69. The standard InChI is InChI=1S/C9H7Br2NO/c10-7-3-6(1-2-9(12)13)4-8(11)5-7/h1-5H,(H2,12,13)/b2-1-. The lowest BCUT2D eigenvalue weighted by molar-refractivity contribution is -0.113. The van der Waals surface area contributed by atoms with Gasteiger partial charge in [-0.1, -0.05) is 31.9 Å². The molecule has 0 saturated heterocycles. The zero-order valence-electron chi connectivity index (χ0n) is 6.63. The smallest absolute Gasteiger partial charge is 0.241 e. The van der Waals surface area contributed by atoms with Gasteiger partial charge in [0.25, 0.3) is 0 Å². The van der Waals surface area contributed by atoms with Crippen molar-refractivity contribution in [1.29, 1.82) is 0 Å². The maximum atomic E-state index is 10.5. The molecule has 4 heteroatoms. The SMILES string of the molecule is NC(=O)/C=C\c1cc(Br)cc(Br)c1. The van der Waals surface area contributed by atoms with Crippen LogP contribution in [0.4, 0.5) is 0 Å². The highest BCUT2D eigenvalue weighted by atomic mass is 79.9. The van der Waals surface area contributed by atoms with E-state index in [0.29, 0.717) is 0 Å². The first-order valence-electron chi connectivity index (χ1n) is 3.51. The number of carbonyl (C=O) groups is 1. The Hall–Kier alpha value is -0.610. The number of rotatable bonds is 2. The fraction of sp³-hybridized carbons (Fsp3) is 0. The van der Waals surface area contributed by atoms with E-state index in [1.165, 1.54) is 6.08 Å². The van der Waals surface area contributed by atoms with Gasteiger partial charge in [-0.25, -0.2) is 0 Å². The average Bonchev–Trinajstić information content (AvgIpc) is 1.99. The third-order valence-electron chi connectivity index (χ3n) is 1.32. The number of carbonyl (C=O) groups excluding carboxylic acids is 1. The molecule has 0 atom stereocenters. The fourth-order valence-corrected chi connectivity index (χ4v) is 2.18. The number of halogens is 2. The van der Waals surface area contributed by atoms with E-state index in [9.17, 15) is 4.79 Å². The van der Waals surface area contributed by atoms with Crippen LogP contribution in [0.5, 0.6) is 0 Å². The van der Waals surface area contributed by atoms with Gasteiger partial charge in [-0.05, 0) is 29.8 Å². The zero-order chi connectivity index (χ0) is 9.84.